The quantitative estimate of drug-likeness (QED) is 0.587. The summed E-state index contributed by atoms with van der Waals surface area (Å²) in [7, 11) is 0. The number of hydrogen-bond donors (Lipinski definition) is 0. The molecule has 1 aliphatic carbocycles. The maximum absolute atomic E-state index is 10.8. The first-order chi connectivity index (χ1) is 5.30. The van der Waals surface area contributed by atoms with Crippen molar-refractivity contribution in [3.05, 3.63) is 0 Å². The Labute approximate surface area is 77.6 Å². The Morgan fingerprint density at radius 3 is 1.75 bits per heavy atom. The summed E-state index contributed by atoms with van der Waals surface area (Å²) in [5.41, 5.74) is 0. The topological polar surface area (TPSA) is 17.1 Å². The molecule has 0 spiro atoms. The van der Waals surface area contributed by atoms with Crippen LogP contribution < -0.4 is 0 Å². The van der Waals surface area contributed by atoms with E-state index in [0.29, 0.717) is 11.7 Å². The van der Waals surface area contributed by atoms with Gasteiger partial charge in [0.15, 0.2) is 0 Å². The van der Waals surface area contributed by atoms with Gasteiger partial charge in [0.25, 0.3) is 0 Å². The third-order valence-corrected chi connectivity index (χ3v) is 2.18. The van der Waals surface area contributed by atoms with Crippen LogP contribution in [-0.2, 0) is 4.79 Å². The van der Waals surface area contributed by atoms with E-state index in [-0.39, 0.29) is 7.43 Å². The molecule has 0 bridgehead atoms. The molecule has 1 nitrogen and oxygen atoms in total. The summed E-state index contributed by atoms with van der Waals surface area (Å²) < 4.78 is 0. The third-order valence-electron chi connectivity index (χ3n) is 2.18. The molecule has 0 amide bonds. The van der Waals surface area contributed by atoms with Crippen molar-refractivity contribution in [1.29, 1.82) is 0 Å². The lowest BCUT2D eigenvalue weighted by molar-refractivity contribution is -0.121. The van der Waals surface area contributed by atoms with Crippen LogP contribution in [0.1, 0.15) is 60.3 Å². The molecule has 1 heteroatoms. The highest BCUT2D eigenvalue weighted by atomic mass is 16.1. The van der Waals surface area contributed by atoms with Crippen LogP contribution >= 0.6 is 0 Å². The molecule has 1 saturated carbocycles. The van der Waals surface area contributed by atoms with E-state index in [1.54, 1.807) is 6.92 Å². The van der Waals surface area contributed by atoms with Gasteiger partial charge in [0, 0.05) is 5.92 Å². The van der Waals surface area contributed by atoms with Gasteiger partial charge in [-0.15, -0.1) is 0 Å². The fraction of sp³-hybridized carbons (Fsp3) is 0.909. The number of Topliss-reactive ketones (excluding diaryl/α,β-unsaturated/α-hetero) is 1. The van der Waals surface area contributed by atoms with Crippen molar-refractivity contribution >= 4 is 5.78 Å². The van der Waals surface area contributed by atoms with Crippen LogP contribution in [0.25, 0.3) is 0 Å². The fourth-order valence-electron chi connectivity index (χ4n) is 1.51. The van der Waals surface area contributed by atoms with Crippen molar-refractivity contribution in [2.75, 3.05) is 0 Å². The Hall–Kier alpha value is -0.330. The SMILES string of the molecule is C.CC.CC(=O)C1CCCCC1. The summed E-state index contributed by atoms with van der Waals surface area (Å²) in [6.45, 7) is 5.72. The highest BCUT2D eigenvalue weighted by molar-refractivity contribution is 5.78. The number of hydrogen-bond acceptors (Lipinski definition) is 1. The van der Waals surface area contributed by atoms with Crippen molar-refractivity contribution < 1.29 is 4.79 Å². The third kappa shape index (κ3) is 5.34. The Balaban J connectivity index is 0. The van der Waals surface area contributed by atoms with Gasteiger partial charge in [-0.1, -0.05) is 40.5 Å². The Morgan fingerprint density at radius 2 is 1.50 bits per heavy atom. The molecular weight excluding hydrogens is 148 g/mol. The molecule has 0 aromatic carbocycles. The van der Waals surface area contributed by atoms with Crippen molar-refractivity contribution in [2.45, 2.75) is 60.3 Å². The van der Waals surface area contributed by atoms with Gasteiger partial charge in [-0.3, -0.25) is 4.79 Å². The van der Waals surface area contributed by atoms with E-state index in [9.17, 15) is 4.79 Å². The summed E-state index contributed by atoms with van der Waals surface area (Å²) in [6, 6.07) is 0. The van der Waals surface area contributed by atoms with E-state index in [0.717, 1.165) is 12.8 Å². The summed E-state index contributed by atoms with van der Waals surface area (Å²) in [5, 5.41) is 0. The van der Waals surface area contributed by atoms with Crippen LogP contribution in [-0.4, -0.2) is 5.78 Å². The average Bonchev–Trinajstić information content (AvgIpc) is 2.10. The lowest BCUT2D eigenvalue weighted by Gasteiger charge is -2.17. The second kappa shape index (κ2) is 8.76. The van der Waals surface area contributed by atoms with E-state index >= 15 is 0 Å². The molecule has 1 fully saturated rings. The van der Waals surface area contributed by atoms with E-state index < -0.39 is 0 Å². The maximum atomic E-state index is 10.8. The number of rotatable bonds is 1. The Morgan fingerprint density at radius 1 is 1.08 bits per heavy atom. The normalized spacial score (nSPS) is 16.9. The molecule has 1 rings (SSSR count). The molecule has 0 saturated heterocycles. The van der Waals surface area contributed by atoms with E-state index in [1.807, 2.05) is 13.8 Å². The highest BCUT2D eigenvalue weighted by Gasteiger charge is 2.16. The first-order valence-corrected chi connectivity index (χ1v) is 4.81. The first-order valence-electron chi connectivity index (χ1n) is 4.81. The van der Waals surface area contributed by atoms with E-state index in [2.05, 4.69) is 0 Å². The van der Waals surface area contributed by atoms with Gasteiger partial charge in [-0.25, -0.2) is 0 Å². The molecular formula is C11H24O. The smallest absolute Gasteiger partial charge is 0.132 e. The van der Waals surface area contributed by atoms with Gasteiger partial charge in [0.05, 0.1) is 0 Å². The van der Waals surface area contributed by atoms with Crippen LogP contribution in [0.3, 0.4) is 0 Å². The summed E-state index contributed by atoms with van der Waals surface area (Å²) in [4.78, 5) is 10.8. The predicted molar refractivity (Wildman–Crippen MR) is 55.3 cm³/mol. The Kier molecular flexibility index (Phi) is 10.4. The van der Waals surface area contributed by atoms with Crippen molar-refractivity contribution in [1.82, 2.24) is 0 Å². The largest absolute Gasteiger partial charge is 0.300 e. The highest BCUT2D eigenvalue weighted by Crippen LogP contribution is 2.23. The van der Waals surface area contributed by atoms with E-state index in [4.69, 9.17) is 0 Å². The van der Waals surface area contributed by atoms with Gasteiger partial charge < -0.3 is 0 Å². The van der Waals surface area contributed by atoms with Gasteiger partial charge in [-0.05, 0) is 19.8 Å². The van der Waals surface area contributed by atoms with Crippen LogP contribution in [0, 0.1) is 5.92 Å². The zero-order valence-electron chi connectivity index (χ0n) is 8.02. The van der Waals surface area contributed by atoms with Crippen LogP contribution in [0.4, 0.5) is 0 Å². The predicted octanol–water partition coefficient (Wildman–Crippen LogP) is 3.82. The lowest BCUT2D eigenvalue weighted by Crippen LogP contribution is -2.13. The minimum atomic E-state index is 0. The summed E-state index contributed by atoms with van der Waals surface area (Å²) >= 11 is 0. The van der Waals surface area contributed by atoms with Crippen molar-refractivity contribution in [2.24, 2.45) is 5.92 Å². The van der Waals surface area contributed by atoms with Gasteiger partial charge >= 0.3 is 0 Å². The molecule has 74 valence electrons. The zero-order valence-corrected chi connectivity index (χ0v) is 8.02. The number of ketones is 1. The molecule has 0 heterocycles. The van der Waals surface area contributed by atoms with Gasteiger partial charge in [0.2, 0.25) is 0 Å². The zero-order chi connectivity index (χ0) is 8.69. The molecule has 0 aliphatic heterocycles. The molecule has 0 N–H and O–H groups in total. The van der Waals surface area contributed by atoms with Crippen LogP contribution in [0.2, 0.25) is 0 Å². The van der Waals surface area contributed by atoms with Gasteiger partial charge in [0.1, 0.15) is 5.78 Å². The first kappa shape index (κ1) is 14.2. The molecule has 0 atom stereocenters. The Bertz CT molecular complexity index is 102. The minimum absolute atomic E-state index is 0. The molecule has 0 radical (unpaired) electrons. The average molecular weight is 172 g/mol. The fourth-order valence-corrected chi connectivity index (χ4v) is 1.51. The minimum Gasteiger partial charge on any atom is -0.300 e. The van der Waals surface area contributed by atoms with Crippen molar-refractivity contribution in [3.63, 3.8) is 0 Å². The maximum Gasteiger partial charge on any atom is 0.132 e. The summed E-state index contributed by atoms with van der Waals surface area (Å²) in [6.07, 6.45) is 6.17. The second-order valence-electron chi connectivity index (χ2n) is 2.95. The molecule has 12 heavy (non-hydrogen) atoms. The molecule has 0 unspecified atom stereocenters. The molecule has 0 aromatic rings. The van der Waals surface area contributed by atoms with E-state index in [1.165, 1.54) is 19.3 Å². The number of carbonyl (C=O) groups excluding carboxylic acids is 1. The number of carbonyl (C=O) groups is 1. The standard InChI is InChI=1S/C8H14O.C2H6.CH4/c1-7(9)8-5-3-2-4-6-8;1-2;/h8H,2-6H2,1H3;1-2H3;1H4. The molecule has 0 aromatic heterocycles. The van der Waals surface area contributed by atoms with Crippen molar-refractivity contribution in [3.8, 4) is 0 Å². The lowest BCUT2D eigenvalue weighted by atomic mass is 9.87. The molecule has 1 aliphatic rings. The summed E-state index contributed by atoms with van der Waals surface area (Å²) in [5.74, 6) is 0.813. The second-order valence-corrected chi connectivity index (χ2v) is 2.95. The van der Waals surface area contributed by atoms with Gasteiger partial charge in [-0.2, -0.15) is 0 Å². The monoisotopic (exact) mass is 172 g/mol. The van der Waals surface area contributed by atoms with Crippen LogP contribution in [0.15, 0.2) is 0 Å². The van der Waals surface area contributed by atoms with Crippen LogP contribution in [0.5, 0.6) is 0 Å².